The van der Waals surface area contributed by atoms with E-state index in [0.717, 1.165) is 10.8 Å². The van der Waals surface area contributed by atoms with Gasteiger partial charge in [-0.25, -0.2) is 4.98 Å². The molecule has 0 aliphatic heterocycles. The second kappa shape index (κ2) is 9.95. The number of amides is 1. The van der Waals surface area contributed by atoms with E-state index < -0.39 is 45.9 Å². The Morgan fingerprint density at radius 3 is 2.37 bits per heavy atom. The Hall–Kier alpha value is -4.22. The first kappa shape index (κ1) is 25.4. The monoisotopic (exact) mass is 482 g/mol. The van der Waals surface area contributed by atoms with E-state index in [-0.39, 0.29) is 23.5 Å². The van der Waals surface area contributed by atoms with E-state index in [4.69, 9.17) is 4.42 Å². The minimum absolute atomic E-state index is 0.0792. The highest BCUT2D eigenvalue weighted by molar-refractivity contribution is 5.98. The molecule has 0 radical (unpaired) electrons. The number of carbonyl (C=O) groups is 2. The fourth-order valence-electron chi connectivity index (χ4n) is 3.23. The highest BCUT2D eigenvalue weighted by atomic mass is 16.6. The Balaban J connectivity index is 1.91. The van der Waals surface area contributed by atoms with Crippen molar-refractivity contribution in [3.05, 3.63) is 68.8 Å². The molecule has 1 unspecified atom stereocenters. The lowest BCUT2D eigenvalue weighted by molar-refractivity contribution is -0.386. The Kier molecular flexibility index (Phi) is 7.22. The van der Waals surface area contributed by atoms with Gasteiger partial charge in [-0.05, 0) is 5.92 Å². The van der Waals surface area contributed by atoms with Gasteiger partial charge in [-0.1, -0.05) is 65.0 Å². The molecule has 0 spiro atoms. The van der Waals surface area contributed by atoms with Crippen LogP contribution in [0.4, 0.5) is 5.69 Å². The Bertz CT molecular complexity index is 1310. The lowest BCUT2D eigenvalue weighted by atomic mass is 9.97. The van der Waals surface area contributed by atoms with Crippen LogP contribution < -0.4 is 10.9 Å². The summed E-state index contributed by atoms with van der Waals surface area (Å²) in [5, 5.41) is 21.6. The van der Waals surface area contributed by atoms with Crippen molar-refractivity contribution in [1.82, 2.24) is 25.1 Å². The van der Waals surface area contributed by atoms with Gasteiger partial charge >= 0.3 is 11.2 Å². The molecule has 3 rings (SSSR count). The standard InChI is InChI=1S/C23H26N6O6/c1-13(2)17(18(31)20-26-27-22(35-20)23(3,4)5)25-16(30)12-28-19(14-9-7-6-8-10-14)24-11-15(21(28)32)29(33)34/h6-11,13,17H,12H2,1-5H3,(H,25,30). The van der Waals surface area contributed by atoms with Crippen molar-refractivity contribution in [3.63, 3.8) is 0 Å². The summed E-state index contributed by atoms with van der Waals surface area (Å²) in [5.74, 6) is -1.54. The summed E-state index contributed by atoms with van der Waals surface area (Å²) in [7, 11) is 0. The van der Waals surface area contributed by atoms with Crippen LogP contribution in [-0.4, -0.2) is 42.4 Å². The highest BCUT2D eigenvalue weighted by Gasteiger charge is 2.32. The fraction of sp³-hybridized carbons (Fsp3) is 0.391. The third-order valence-electron chi connectivity index (χ3n) is 5.10. The van der Waals surface area contributed by atoms with Gasteiger partial charge in [-0.3, -0.25) is 29.1 Å². The van der Waals surface area contributed by atoms with Gasteiger partial charge in [0.2, 0.25) is 17.6 Å². The number of ketones is 1. The number of nitrogens with one attached hydrogen (secondary N) is 1. The molecule has 1 amide bonds. The first-order chi connectivity index (χ1) is 16.4. The number of hydrogen-bond acceptors (Lipinski definition) is 9. The van der Waals surface area contributed by atoms with Crippen LogP contribution in [0.5, 0.6) is 0 Å². The average Bonchev–Trinajstić information content (AvgIpc) is 3.29. The molecule has 0 saturated heterocycles. The van der Waals surface area contributed by atoms with Gasteiger partial charge in [0.15, 0.2) is 0 Å². The molecule has 2 heterocycles. The Morgan fingerprint density at radius 2 is 1.83 bits per heavy atom. The summed E-state index contributed by atoms with van der Waals surface area (Å²) in [6, 6.07) is 7.45. The zero-order valence-corrected chi connectivity index (χ0v) is 20.0. The Labute approximate surface area is 200 Å². The van der Waals surface area contributed by atoms with Gasteiger partial charge in [0.05, 0.1) is 11.0 Å². The van der Waals surface area contributed by atoms with Crippen molar-refractivity contribution in [2.45, 2.75) is 52.6 Å². The van der Waals surface area contributed by atoms with Crippen molar-refractivity contribution in [1.29, 1.82) is 0 Å². The van der Waals surface area contributed by atoms with Crippen molar-refractivity contribution < 1.29 is 18.9 Å². The molecule has 0 aliphatic rings. The SMILES string of the molecule is CC(C)C(NC(=O)Cn1c(-c2ccccc2)ncc([N+](=O)[O-])c1=O)C(=O)c1nnc(C(C)(C)C)o1. The molecule has 1 N–H and O–H groups in total. The van der Waals surface area contributed by atoms with Crippen molar-refractivity contribution in [2.75, 3.05) is 0 Å². The number of nitro groups is 1. The third kappa shape index (κ3) is 5.65. The van der Waals surface area contributed by atoms with E-state index in [1.165, 1.54) is 0 Å². The highest BCUT2D eigenvalue weighted by Crippen LogP contribution is 2.22. The van der Waals surface area contributed by atoms with E-state index in [2.05, 4.69) is 20.5 Å². The molecule has 12 nitrogen and oxygen atoms in total. The summed E-state index contributed by atoms with van der Waals surface area (Å²) in [4.78, 5) is 53.3. The van der Waals surface area contributed by atoms with Gasteiger partial charge in [0.1, 0.15) is 18.6 Å². The predicted molar refractivity (Wildman–Crippen MR) is 125 cm³/mol. The number of Topliss-reactive ketones (excluding diaryl/α,β-unsaturated/α-hetero) is 1. The van der Waals surface area contributed by atoms with E-state index in [0.29, 0.717) is 5.56 Å². The van der Waals surface area contributed by atoms with Crippen LogP contribution in [0.25, 0.3) is 11.4 Å². The van der Waals surface area contributed by atoms with Crippen LogP contribution in [-0.2, 0) is 16.8 Å². The van der Waals surface area contributed by atoms with E-state index in [1.54, 1.807) is 44.2 Å². The number of hydrogen-bond donors (Lipinski definition) is 1. The summed E-state index contributed by atoms with van der Waals surface area (Å²) in [5.41, 5.74) is -1.73. The molecule has 35 heavy (non-hydrogen) atoms. The molecule has 184 valence electrons. The second-order valence-corrected chi connectivity index (χ2v) is 9.30. The topological polar surface area (TPSA) is 163 Å². The molecule has 3 aromatic rings. The molecule has 0 saturated carbocycles. The molecule has 2 aromatic heterocycles. The van der Waals surface area contributed by atoms with Gasteiger partial charge in [-0.15, -0.1) is 10.2 Å². The molecule has 0 bridgehead atoms. The van der Waals surface area contributed by atoms with Crippen LogP contribution in [0.3, 0.4) is 0 Å². The maximum absolute atomic E-state index is 13.0. The predicted octanol–water partition coefficient (Wildman–Crippen LogP) is 2.52. The van der Waals surface area contributed by atoms with Crippen LogP contribution in [0.1, 0.15) is 51.2 Å². The van der Waals surface area contributed by atoms with Crippen molar-refractivity contribution >= 4 is 17.4 Å². The quantitative estimate of drug-likeness (QED) is 0.289. The lowest BCUT2D eigenvalue weighted by Gasteiger charge is -2.20. The first-order valence-corrected chi connectivity index (χ1v) is 10.9. The summed E-state index contributed by atoms with van der Waals surface area (Å²) < 4.78 is 6.43. The second-order valence-electron chi connectivity index (χ2n) is 9.30. The van der Waals surface area contributed by atoms with Crippen LogP contribution in [0, 0.1) is 16.0 Å². The third-order valence-corrected chi connectivity index (χ3v) is 5.10. The van der Waals surface area contributed by atoms with Crippen LogP contribution in [0.2, 0.25) is 0 Å². The first-order valence-electron chi connectivity index (χ1n) is 10.9. The zero-order valence-electron chi connectivity index (χ0n) is 20.0. The minimum Gasteiger partial charge on any atom is -0.418 e. The minimum atomic E-state index is -1.03. The molecular weight excluding hydrogens is 456 g/mol. The van der Waals surface area contributed by atoms with E-state index in [1.807, 2.05) is 20.8 Å². The average molecular weight is 482 g/mol. The largest absolute Gasteiger partial charge is 0.418 e. The molecule has 0 fully saturated rings. The van der Waals surface area contributed by atoms with Crippen LogP contribution >= 0.6 is 0 Å². The van der Waals surface area contributed by atoms with Gasteiger partial charge in [0.25, 0.3) is 5.89 Å². The maximum Gasteiger partial charge on any atom is 0.352 e. The van der Waals surface area contributed by atoms with Gasteiger partial charge < -0.3 is 9.73 Å². The number of aromatic nitrogens is 4. The fourth-order valence-corrected chi connectivity index (χ4v) is 3.23. The van der Waals surface area contributed by atoms with Crippen molar-refractivity contribution in [2.24, 2.45) is 5.92 Å². The smallest absolute Gasteiger partial charge is 0.352 e. The van der Waals surface area contributed by atoms with Crippen LogP contribution in [0.15, 0.2) is 45.7 Å². The van der Waals surface area contributed by atoms with E-state index >= 15 is 0 Å². The summed E-state index contributed by atoms with van der Waals surface area (Å²) in [6.07, 6.45) is 0.863. The maximum atomic E-state index is 13.0. The van der Waals surface area contributed by atoms with Gasteiger partial charge in [-0.2, -0.15) is 0 Å². The van der Waals surface area contributed by atoms with Crippen molar-refractivity contribution in [3.8, 4) is 11.4 Å². The number of nitrogens with zero attached hydrogens (tertiary/aromatic N) is 5. The Morgan fingerprint density at radius 1 is 1.17 bits per heavy atom. The number of carbonyl (C=O) groups excluding carboxylic acids is 2. The van der Waals surface area contributed by atoms with Gasteiger partial charge in [0, 0.05) is 11.0 Å². The summed E-state index contributed by atoms with van der Waals surface area (Å²) >= 11 is 0. The van der Waals surface area contributed by atoms with E-state index in [9.17, 15) is 24.5 Å². The lowest BCUT2D eigenvalue weighted by Crippen LogP contribution is -2.46. The molecular formula is C23H26N6O6. The molecule has 0 aliphatic carbocycles. The molecule has 1 atom stereocenters. The molecule has 1 aromatic carbocycles. The number of benzene rings is 1. The molecule has 12 heteroatoms. The number of rotatable bonds is 8. The zero-order chi connectivity index (χ0) is 25.9. The summed E-state index contributed by atoms with van der Waals surface area (Å²) in [6.45, 7) is 8.41. The normalized spacial score (nSPS) is 12.4.